The molecule has 1 aromatic carbocycles. The third-order valence-corrected chi connectivity index (χ3v) is 4.24. The average molecular weight is 368 g/mol. The van der Waals surface area contributed by atoms with Gasteiger partial charge in [-0.05, 0) is 50.6 Å². The van der Waals surface area contributed by atoms with E-state index in [2.05, 4.69) is 59.3 Å². The van der Waals surface area contributed by atoms with Gasteiger partial charge in [-0.15, -0.1) is 0 Å². The monoisotopic (exact) mass is 368 g/mol. The number of rotatable bonds is 4. The fourth-order valence-electron chi connectivity index (χ4n) is 2.81. The standard InChI is InChI=1S/C19H22N2.C2H2O4/c1-16-7-9-17(10-8-16)18(19-6-2-3-12-20-19)11-15-21-13-4-5-14-21;3-1(4)2(5)6/h2-3,6-12H,4-5,13-15H2,1H3;(H,3,4)(H,5,6)/b18-11-;. The van der Waals surface area contributed by atoms with E-state index in [9.17, 15) is 0 Å². The van der Waals surface area contributed by atoms with Gasteiger partial charge >= 0.3 is 11.9 Å². The summed E-state index contributed by atoms with van der Waals surface area (Å²) in [6.45, 7) is 5.58. The van der Waals surface area contributed by atoms with Crippen molar-refractivity contribution in [1.29, 1.82) is 0 Å². The second-order valence-corrected chi connectivity index (χ2v) is 6.32. The number of carboxylic acids is 2. The quantitative estimate of drug-likeness (QED) is 0.806. The predicted molar refractivity (Wildman–Crippen MR) is 103 cm³/mol. The summed E-state index contributed by atoms with van der Waals surface area (Å²) in [6.07, 6.45) is 6.86. The van der Waals surface area contributed by atoms with Crippen molar-refractivity contribution < 1.29 is 19.8 Å². The predicted octanol–water partition coefficient (Wildman–Crippen LogP) is 3.07. The third-order valence-electron chi connectivity index (χ3n) is 4.24. The van der Waals surface area contributed by atoms with Crippen molar-refractivity contribution in [3.8, 4) is 0 Å². The minimum atomic E-state index is -1.82. The Morgan fingerprint density at radius 1 is 1.04 bits per heavy atom. The van der Waals surface area contributed by atoms with E-state index < -0.39 is 11.9 Å². The largest absolute Gasteiger partial charge is 0.473 e. The van der Waals surface area contributed by atoms with Crippen molar-refractivity contribution in [1.82, 2.24) is 9.88 Å². The molecule has 1 fully saturated rings. The number of pyridine rings is 1. The zero-order chi connectivity index (χ0) is 19.6. The molecule has 6 heteroatoms. The highest BCUT2D eigenvalue weighted by Gasteiger charge is 2.11. The van der Waals surface area contributed by atoms with E-state index in [1.807, 2.05) is 12.3 Å². The van der Waals surface area contributed by atoms with E-state index in [0.717, 1.165) is 12.2 Å². The van der Waals surface area contributed by atoms with E-state index in [1.54, 1.807) is 0 Å². The maximum absolute atomic E-state index is 9.10. The molecule has 0 atom stereocenters. The SMILES string of the molecule is Cc1ccc(/C(=C/CN2CCCC2)c2ccccn2)cc1.O=C(O)C(=O)O. The number of aryl methyl sites for hydroxylation is 1. The lowest BCUT2D eigenvalue weighted by Crippen LogP contribution is -2.19. The summed E-state index contributed by atoms with van der Waals surface area (Å²) in [5, 5.41) is 14.8. The molecule has 142 valence electrons. The lowest BCUT2D eigenvalue weighted by atomic mass is 10.0. The van der Waals surface area contributed by atoms with Crippen LogP contribution in [-0.4, -0.2) is 51.7 Å². The molecule has 0 unspecified atom stereocenters. The minimum Gasteiger partial charge on any atom is -0.473 e. The van der Waals surface area contributed by atoms with Gasteiger partial charge in [0.15, 0.2) is 0 Å². The summed E-state index contributed by atoms with van der Waals surface area (Å²) >= 11 is 0. The fourth-order valence-corrected chi connectivity index (χ4v) is 2.81. The van der Waals surface area contributed by atoms with Gasteiger partial charge in [-0.25, -0.2) is 9.59 Å². The van der Waals surface area contributed by atoms with Gasteiger partial charge in [0.2, 0.25) is 0 Å². The normalized spacial score (nSPS) is 14.3. The Morgan fingerprint density at radius 3 is 2.19 bits per heavy atom. The Labute approximate surface area is 158 Å². The minimum absolute atomic E-state index is 1.01. The van der Waals surface area contributed by atoms with Gasteiger partial charge in [-0.2, -0.15) is 0 Å². The smallest absolute Gasteiger partial charge is 0.414 e. The molecule has 0 spiro atoms. The number of hydrogen-bond acceptors (Lipinski definition) is 4. The number of carbonyl (C=O) groups is 2. The van der Waals surface area contributed by atoms with Crippen LogP contribution in [0, 0.1) is 6.92 Å². The molecule has 2 aromatic rings. The van der Waals surface area contributed by atoms with E-state index in [-0.39, 0.29) is 0 Å². The highest BCUT2D eigenvalue weighted by Crippen LogP contribution is 2.22. The van der Waals surface area contributed by atoms with Gasteiger partial charge in [0, 0.05) is 18.3 Å². The zero-order valence-electron chi connectivity index (χ0n) is 15.3. The highest BCUT2D eigenvalue weighted by atomic mass is 16.4. The first-order valence-electron chi connectivity index (χ1n) is 8.84. The zero-order valence-corrected chi connectivity index (χ0v) is 15.3. The average Bonchev–Trinajstić information content (AvgIpc) is 3.18. The van der Waals surface area contributed by atoms with E-state index in [0.29, 0.717) is 0 Å². The topological polar surface area (TPSA) is 90.7 Å². The Balaban J connectivity index is 0.000000380. The first kappa shape index (κ1) is 20.3. The van der Waals surface area contributed by atoms with Gasteiger partial charge in [-0.3, -0.25) is 9.88 Å². The van der Waals surface area contributed by atoms with Gasteiger partial charge in [-0.1, -0.05) is 42.0 Å². The first-order valence-corrected chi connectivity index (χ1v) is 8.84. The Morgan fingerprint density at radius 2 is 1.67 bits per heavy atom. The van der Waals surface area contributed by atoms with Crippen molar-refractivity contribution in [2.24, 2.45) is 0 Å². The number of nitrogens with zero attached hydrogens (tertiary/aromatic N) is 2. The first-order chi connectivity index (χ1) is 13.0. The molecule has 0 amide bonds. The molecular formula is C21H24N2O4. The molecule has 1 aliphatic heterocycles. The van der Waals surface area contributed by atoms with Crippen molar-refractivity contribution in [3.63, 3.8) is 0 Å². The number of aromatic nitrogens is 1. The Bertz CT molecular complexity index is 768. The summed E-state index contributed by atoms with van der Waals surface area (Å²) in [5.74, 6) is -3.65. The van der Waals surface area contributed by atoms with Gasteiger partial charge in [0.25, 0.3) is 0 Å². The van der Waals surface area contributed by atoms with E-state index in [4.69, 9.17) is 19.8 Å². The summed E-state index contributed by atoms with van der Waals surface area (Å²) in [4.78, 5) is 25.2. The van der Waals surface area contributed by atoms with Gasteiger partial charge in [0.1, 0.15) is 0 Å². The maximum atomic E-state index is 9.10. The molecule has 2 N–H and O–H groups in total. The third kappa shape index (κ3) is 6.67. The Hall–Kier alpha value is -2.99. The summed E-state index contributed by atoms with van der Waals surface area (Å²) < 4.78 is 0. The molecule has 3 rings (SSSR count). The molecule has 27 heavy (non-hydrogen) atoms. The molecule has 1 aliphatic rings. The number of hydrogen-bond donors (Lipinski definition) is 2. The van der Waals surface area contributed by atoms with Gasteiger partial charge in [0.05, 0.1) is 5.69 Å². The van der Waals surface area contributed by atoms with Crippen LogP contribution < -0.4 is 0 Å². The molecule has 1 aromatic heterocycles. The molecular weight excluding hydrogens is 344 g/mol. The van der Waals surface area contributed by atoms with Crippen LogP contribution in [0.1, 0.15) is 29.7 Å². The van der Waals surface area contributed by atoms with Crippen LogP contribution in [0.4, 0.5) is 0 Å². The highest BCUT2D eigenvalue weighted by molar-refractivity contribution is 6.27. The van der Waals surface area contributed by atoms with E-state index >= 15 is 0 Å². The van der Waals surface area contributed by atoms with E-state index in [1.165, 1.54) is 42.6 Å². The number of aliphatic carboxylic acids is 2. The molecule has 0 bridgehead atoms. The van der Waals surface area contributed by atoms with Crippen LogP contribution in [0.3, 0.4) is 0 Å². The van der Waals surface area contributed by atoms with Crippen LogP contribution in [0.25, 0.3) is 5.57 Å². The fraction of sp³-hybridized carbons (Fsp3) is 0.286. The molecule has 2 heterocycles. The maximum Gasteiger partial charge on any atom is 0.414 e. The molecule has 0 aliphatic carbocycles. The van der Waals surface area contributed by atoms with Crippen molar-refractivity contribution >= 4 is 17.5 Å². The lowest BCUT2D eigenvalue weighted by molar-refractivity contribution is -0.159. The van der Waals surface area contributed by atoms with Crippen LogP contribution in [0.5, 0.6) is 0 Å². The molecule has 0 saturated carbocycles. The van der Waals surface area contributed by atoms with Crippen LogP contribution >= 0.6 is 0 Å². The van der Waals surface area contributed by atoms with Crippen LogP contribution in [0.2, 0.25) is 0 Å². The number of benzene rings is 1. The van der Waals surface area contributed by atoms with Gasteiger partial charge < -0.3 is 10.2 Å². The molecule has 0 radical (unpaired) electrons. The second-order valence-electron chi connectivity index (χ2n) is 6.32. The van der Waals surface area contributed by atoms with Crippen molar-refractivity contribution in [3.05, 3.63) is 71.6 Å². The summed E-state index contributed by atoms with van der Waals surface area (Å²) in [6, 6.07) is 14.8. The number of carboxylic acid groups (broad SMARTS) is 2. The summed E-state index contributed by atoms with van der Waals surface area (Å²) in [5.41, 5.74) is 4.83. The molecule has 6 nitrogen and oxygen atoms in total. The summed E-state index contributed by atoms with van der Waals surface area (Å²) in [7, 11) is 0. The molecule has 1 saturated heterocycles. The van der Waals surface area contributed by atoms with Crippen LogP contribution in [-0.2, 0) is 9.59 Å². The van der Waals surface area contributed by atoms with Crippen molar-refractivity contribution in [2.45, 2.75) is 19.8 Å². The van der Waals surface area contributed by atoms with Crippen LogP contribution in [0.15, 0.2) is 54.7 Å². The Kier molecular flexibility index (Phi) is 7.70. The number of likely N-dealkylation sites (tertiary alicyclic amines) is 1. The second kappa shape index (κ2) is 10.2. The lowest BCUT2D eigenvalue weighted by Gasteiger charge is -2.14. The van der Waals surface area contributed by atoms with Crippen molar-refractivity contribution in [2.75, 3.05) is 19.6 Å².